The maximum Gasteiger partial charge on any atom is 0.119 e. The highest BCUT2D eigenvalue weighted by Gasteiger charge is 2.01. The number of unbranched alkanes of at least 4 members (excludes halogenated alkanes) is 10. The molecule has 0 heterocycles. The van der Waals surface area contributed by atoms with Gasteiger partial charge in [-0.1, -0.05) is 146 Å². The first-order chi connectivity index (χ1) is 17.6. The molecule has 0 aromatic heterocycles. The van der Waals surface area contributed by atoms with E-state index >= 15 is 0 Å². The summed E-state index contributed by atoms with van der Waals surface area (Å²) < 4.78 is 5.94. The molecule has 0 bridgehead atoms. The van der Waals surface area contributed by atoms with E-state index < -0.39 is 0 Å². The van der Waals surface area contributed by atoms with Gasteiger partial charge in [0.1, 0.15) is 5.75 Å². The van der Waals surface area contributed by atoms with Crippen molar-refractivity contribution < 1.29 is 4.74 Å². The molecule has 2 heteroatoms. The quantitative estimate of drug-likeness (QED) is 0.0764. The smallest absolute Gasteiger partial charge is 0.119 e. The molecule has 36 heavy (non-hydrogen) atoms. The Bertz CT molecular complexity index is 848. The largest absolute Gasteiger partial charge is 0.494 e. The van der Waals surface area contributed by atoms with Crippen molar-refractivity contribution in [1.82, 2.24) is 0 Å². The number of aryl methyl sites for hydroxylation is 1. The molecule has 0 aliphatic rings. The second kappa shape index (κ2) is 19.2. The van der Waals surface area contributed by atoms with Crippen LogP contribution in [-0.2, 0) is 6.42 Å². The molecule has 0 aliphatic carbocycles. The van der Waals surface area contributed by atoms with E-state index in [-0.39, 0.29) is 0 Å². The normalized spacial score (nSPS) is 11.4. The SMILES string of the molecule is CCCCCCCCCCCCCOc1ccc(C=CC(=S)c2ccc(CCCC(C)C)cc2)cc1. The predicted molar refractivity (Wildman–Crippen MR) is 163 cm³/mol. The number of hydrogen-bond acceptors (Lipinski definition) is 2. The Hall–Kier alpha value is -1.93. The highest BCUT2D eigenvalue weighted by Crippen LogP contribution is 2.16. The van der Waals surface area contributed by atoms with E-state index in [9.17, 15) is 0 Å². The monoisotopic (exact) mass is 506 g/mol. The molecule has 0 unspecified atom stereocenters. The third kappa shape index (κ3) is 14.0. The van der Waals surface area contributed by atoms with Crippen molar-refractivity contribution in [3.8, 4) is 5.75 Å². The van der Waals surface area contributed by atoms with Gasteiger partial charge in [-0.25, -0.2) is 0 Å². The summed E-state index contributed by atoms with van der Waals surface area (Å²) in [7, 11) is 0. The molecule has 1 nitrogen and oxygen atoms in total. The number of hydrogen-bond donors (Lipinski definition) is 0. The third-order valence-corrected chi connectivity index (χ3v) is 7.18. The van der Waals surface area contributed by atoms with Gasteiger partial charge < -0.3 is 4.74 Å². The lowest BCUT2D eigenvalue weighted by molar-refractivity contribution is 0.304. The van der Waals surface area contributed by atoms with Gasteiger partial charge in [-0.15, -0.1) is 0 Å². The Labute approximate surface area is 227 Å². The molecule has 0 radical (unpaired) electrons. The first-order valence-corrected chi connectivity index (χ1v) is 15.0. The van der Waals surface area contributed by atoms with Gasteiger partial charge >= 0.3 is 0 Å². The summed E-state index contributed by atoms with van der Waals surface area (Å²) in [5, 5.41) is 0. The molecular formula is C34H50OS. The van der Waals surface area contributed by atoms with Gasteiger partial charge in [0.15, 0.2) is 0 Å². The molecule has 2 rings (SSSR count). The molecule has 0 saturated heterocycles. The Morgan fingerprint density at radius 1 is 0.750 bits per heavy atom. The number of benzene rings is 2. The van der Waals surface area contributed by atoms with Crippen molar-refractivity contribution in [2.45, 2.75) is 111 Å². The van der Waals surface area contributed by atoms with Gasteiger partial charge in [0.2, 0.25) is 0 Å². The Balaban J connectivity index is 1.59. The van der Waals surface area contributed by atoms with Crippen LogP contribution in [0.2, 0.25) is 0 Å². The average molecular weight is 507 g/mol. The van der Waals surface area contributed by atoms with E-state index in [0.717, 1.165) is 47.1 Å². The molecule has 0 aliphatic heterocycles. The standard InChI is InChI=1S/C34H50OS/c1-4-5-6-7-8-9-10-11-12-13-14-28-35-33-25-20-31(21-26-33)22-27-34(36)32-23-18-30(19-24-32)17-15-16-29(2)3/h18-27,29H,4-17,28H2,1-3H3. The lowest BCUT2D eigenvalue weighted by Gasteiger charge is -2.07. The molecule has 0 atom stereocenters. The minimum absolute atomic E-state index is 0.775. The van der Waals surface area contributed by atoms with Crippen LogP contribution in [0.1, 0.15) is 121 Å². The second-order valence-corrected chi connectivity index (χ2v) is 11.1. The van der Waals surface area contributed by atoms with Crippen LogP contribution >= 0.6 is 12.2 Å². The van der Waals surface area contributed by atoms with E-state index in [2.05, 4.69) is 75.4 Å². The van der Waals surface area contributed by atoms with Gasteiger partial charge in [0, 0.05) is 4.86 Å². The summed E-state index contributed by atoms with van der Waals surface area (Å²) in [6.07, 6.45) is 22.8. The molecule has 0 spiro atoms. The Morgan fingerprint density at radius 2 is 1.33 bits per heavy atom. The summed E-state index contributed by atoms with van der Waals surface area (Å²) in [6, 6.07) is 17.1. The fourth-order valence-electron chi connectivity index (χ4n) is 4.45. The van der Waals surface area contributed by atoms with Crippen LogP contribution in [0, 0.1) is 5.92 Å². The minimum atomic E-state index is 0.775. The summed E-state index contributed by atoms with van der Waals surface area (Å²) in [5.74, 6) is 1.73. The van der Waals surface area contributed by atoms with Crippen molar-refractivity contribution in [3.63, 3.8) is 0 Å². The number of ether oxygens (including phenoxy) is 1. The first-order valence-electron chi connectivity index (χ1n) is 14.6. The molecule has 0 N–H and O–H groups in total. The van der Waals surface area contributed by atoms with Crippen LogP contribution in [0.15, 0.2) is 54.6 Å². The number of rotatable bonds is 20. The topological polar surface area (TPSA) is 9.23 Å². The van der Waals surface area contributed by atoms with Crippen LogP contribution in [0.5, 0.6) is 5.75 Å². The van der Waals surface area contributed by atoms with Crippen LogP contribution in [-0.4, -0.2) is 11.5 Å². The number of allylic oxidation sites excluding steroid dienone is 1. The first kappa shape index (κ1) is 30.3. The fourth-order valence-corrected chi connectivity index (χ4v) is 4.65. The van der Waals surface area contributed by atoms with Gasteiger partial charge in [-0.3, -0.25) is 0 Å². The maximum absolute atomic E-state index is 5.94. The van der Waals surface area contributed by atoms with E-state index in [4.69, 9.17) is 17.0 Å². The molecule has 0 fully saturated rings. The zero-order valence-corrected chi connectivity index (χ0v) is 24.1. The van der Waals surface area contributed by atoms with Crippen molar-refractivity contribution >= 4 is 23.2 Å². The van der Waals surface area contributed by atoms with Gasteiger partial charge in [0.25, 0.3) is 0 Å². The summed E-state index contributed by atoms with van der Waals surface area (Å²) >= 11 is 5.64. The molecule has 198 valence electrons. The summed E-state index contributed by atoms with van der Waals surface area (Å²) in [5.41, 5.74) is 3.65. The predicted octanol–water partition coefficient (Wildman–Crippen LogP) is 10.8. The third-order valence-electron chi connectivity index (χ3n) is 6.81. The van der Waals surface area contributed by atoms with E-state index in [1.807, 2.05) is 6.08 Å². The highest BCUT2D eigenvalue weighted by molar-refractivity contribution is 7.81. The van der Waals surface area contributed by atoms with Crippen LogP contribution in [0.3, 0.4) is 0 Å². The zero-order valence-electron chi connectivity index (χ0n) is 23.3. The summed E-state index contributed by atoms with van der Waals surface area (Å²) in [6.45, 7) is 7.66. The van der Waals surface area contributed by atoms with Gasteiger partial charge in [-0.2, -0.15) is 0 Å². The lowest BCUT2D eigenvalue weighted by atomic mass is 10.0. The van der Waals surface area contributed by atoms with Crippen LogP contribution in [0.4, 0.5) is 0 Å². The van der Waals surface area contributed by atoms with Crippen molar-refractivity contribution in [2.75, 3.05) is 6.61 Å². The van der Waals surface area contributed by atoms with Crippen molar-refractivity contribution in [2.24, 2.45) is 5.92 Å². The summed E-state index contributed by atoms with van der Waals surface area (Å²) in [4.78, 5) is 0.876. The zero-order chi connectivity index (χ0) is 25.8. The average Bonchev–Trinajstić information content (AvgIpc) is 2.89. The van der Waals surface area contributed by atoms with Gasteiger partial charge in [-0.05, 0) is 60.1 Å². The van der Waals surface area contributed by atoms with E-state index in [1.54, 1.807) is 0 Å². The molecule has 0 saturated carbocycles. The molecular weight excluding hydrogens is 456 g/mol. The minimum Gasteiger partial charge on any atom is -0.494 e. The molecule has 0 amide bonds. The fraction of sp³-hybridized carbons (Fsp3) is 0.559. The van der Waals surface area contributed by atoms with E-state index in [0.29, 0.717) is 0 Å². The molecule has 2 aromatic rings. The van der Waals surface area contributed by atoms with Crippen LogP contribution < -0.4 is 4.74 Å². The Kier molecular flexibility index (Phi) is 16.2. The second-order valence-electron chi connectivity index (χ2n) is 10.6. The maximum atomic E-state index is 5.94. The van der Waals surface area contributed by atoms with Crippen LogP contribution in [0.25, 0.3) is 6.08 Å². The lowest BCUT2D eigenvalue weighted by Crippen LogP contribution is -1.97. The Morgan fingerprint density at radius 3 is 1.92 bits per heavy atom. The van der Waals surface area contributed by atoms with E-state index in [1.165, 1.54) is 82.6 Å². The van der Waals surface area contributed by atoms with Crippen molar-refractivity contribution in [3.05, 3.63) is 71.3 Å². The van der Waals surface area contributed by atoms with Gasteiger partial charge in [0.05, 0.1) is 6.61 Å². The number of thiocarbonyl (C=S) groups is 1. The van der Waals surface area contributed by atoms with Crippen molar-refractivity contribution in [1.29, 1.82) is 0 Å². The molecule has 2 aromatic carbocycles. The highest BCUT2D eigenvalue weighted by atomic mass is 32.1.